The van der Waals surface area contributed by atoms with E-state index in [0.717, 1.165) is 11.3 Å². The number of methoxy groups -OCH3 is 2. The van der Waals surface area contributed by atoms with Gasteiger partial charge in [0.15, 0.2) is 0 Å². The molecular formula is C13H15NO5S2. The molecule has 0 spiro atoms. The molecule has 6 nitrogen and oxygen atoms in total. The summed E-state index contributed by atoms with van der Waals surface area (Å²) in [7, 11) is -0.758. The SMILES string of the molecule is COc1ccc(NS(=O)(=O)c2ccc(CO)s2)c(OC)c1. The Balaban J connectivity index is 2.32. The molecule has 0 unspecified atom stereocenters. The van der Waals surface area contributed by atoms with Crippen LogP contribution in [0, 0.1) is 0 Å². The number of anilines is 1. The number of rotatable bonds is 6. The molecule has 1 aromatic carbocycles. The Labute approximate surface area is 127 Å². The van der Waals surface area contributed by atoms with Crippen molar-refractivity contribution in [2.45, 2.75) is 10.8 Å². The highest BCUT2D eigenvalue weighted by atomic mass is 32.2. The molecule has 0 amide bonds. The summed E-state index contributed by atoms with van der Waals surface area (Å²) in [6, 6.07) is 7.81. The molecule has 2 N–H and O–H groups in total. The van der Waals surface area contributed by atoms with Gasteiger partial charge in [-0.05, 0) is 24.3 Å². The molecule has 0 fully saturated rings. The van der Waals surface area contributed by atoms with E-state index in [-0.39, 0.29) is 10.8 Å². The molecule has 21 heavy (non-hydrogen) atoms. The van der Waals surface area contributed by atoms with Crippen molar-refractivity contribution in [3.8, 4) is 11.5 Å². The summed E-state index contributed by atoms with van der Waals surface area (Å²) in [6.07, 6.45) is 0. The summed E-state index contributed by atoms with van der Waals surface area (Å²) in [5, 5.41) is 9.01. The van der Waals surface area contributed by atoms with E-state index < -0.39 is 10.0 Å². The van der Waals surface area contributed by atoms with Gasteiger partial charge in [-0.3, -0.25) is 4.72 Å². The summed E-state index contributed by atoms with van der Waals surface area (Å²) < 4.78 is 37.4. The predicted octanol–water partition coefficient (Wildman–Crippen LogP) is 2.06. The van der Waals surface area contributed by atoms with Crippen molar-refractivity contribution in [3.05, 3.63) is 35.2 Å². The molecule has 0 aliphatic heterocycles. The van der Waals surface area contributed by atoms with Crippen LogP contribution in [-0.2, 0) is 16.6 Å². The number of thiophene rings is 1. The summed E-state index contributed by atoms with van der Waals surface area (Å²) in [5.41, 5.74) is 0.317. The van der Waals surface area contributed by atoms with Crippen molar-refractivity contribution in [2.75, 3.05) is 18.9 Å². The smallest absolute Gasteiger partial charge is 0.271 e. The van der Waals surface area contributed by atoms with Crippen LogP contribution in [0.2, 0.25) is 0 Å². The van der Waals surface area contributed by atoms with Crippen LogP contribution in [0.1, 0.15) is 4.88 Å². The Kier molecular flexibility index (Phi) is 4.71. The quantitative estimate of drug-likeness (QED) is 0.847. The Morgan fingerprint density at radius 2 is 1.95 bits per heavy atom. The van der Waals surface area contributed by atoms with Gasteiger partial charge in [-0.1, -0.05) is 0 Å². The Morgan fingerprint density at radius 3 is 2.52 bits per heavy atom. The van der Waals surface area contributed by atoms with Crippen molar-refractivity contribution < 1.29 is 23.0 Å². The van der Waals surface area contributed by atoms with Crippen LogP contribution in [0.3, 0.4) is 0 Å². The summed E-state index contributed by atoms with van der Waals surface area (Å²) in [5.74, 6) is 0.922. The predicted molar refractivity (Wildman–Crippen MR) is 80.6 cm³/mol. The number of hydrogen-bond acceptors (Lipinski definition) is 6. The van der Waals surface area contributed by atoms with Gasteiger partial charge in [0.25, 0.3) is 10.0 Å². The number of hydrogen-bond donors (Lipinski definition) is 2. The zero-order chi connectivity index (χ0) is 15.5. The van der Waals surface area contributed by atoms with Crippen LogP contribution >= 0.6 is 11.3 Å². The number of benzene rings is 1. The second-order valence-corrected chi connectivity index (χ2v) is 7.13. The van der Waals surface area contributed by atoms with Crippen molar-refractivity contribution in [1.82, 2.24) is 0 Å². The molecule has 0 atom stereocenters. The summed E-state index contributed by atoms with van der Waals surface area (Å²) >= 11 is 1.01. The lowest BCUT2D eigenvalue weighted by Crippen LogP contribution is -2.12. The largest absolute Gasteiger partial charge is 0.497 e. The minimum atomic E-state index is -3.72. The number of aliphatic hydroxyl groups excluding tert-OH is 1. The first-order chi connectivity index (χ1) is 10.00. The van der Waals surface area contributed by atoms with Crippen LogP contribution < -0.4 is 14.2 Å². The number of sulfonamides is 1. The average Bonchev–Trinajstić information content (AvgIpc) is 2.97. The van der Waals surface area contributed by atoms with Gasteiger partial charge in [0, 0.05) is 10.9 Å². The second-order valence-electron chi connectivity index (χ2n) is 4.05. The summed E-state index contributed by atoms with van der Waals surface area (Å²) in [6.45, 7) is -0.188. The number of ether oxygens (including phenoxy) is 2. The molecule has 1 aromatic heterocycles. The molecule has 0 radical (unpaired) electrons. The van der Waals surface area contributed by atoms with Crippen molar-refractivity contribution in [1.29, 1.82) is 0 Å². The van der Waals surface area contributed by atoms with E-state index in [9.17, 15) is 8.42 Å². The maximum absolute atomic E-state index is 12.3. The van der Waals surface area contributed by atoms with Crippen LogP contribution in [0.25, 0.3) is 0 Å². The van der Waals surface area contributed by atoms with E-state index in [1.165, 1.54) is 20.3 Å². The lowest BCUT2D eigenvalue weighted by Gasteiger charge is -2.12. The van der Waals surface area contributed by atoms with Crippen molar-refractivity contribution in [2.24, 2.45) is 0 Å². The fourth-order valence-corrected chi connectivity index (χ4v) is 3.95. The third kappa shape index (κ3) is 3.46. The van der Waals surface area contributed by atoms with Crippen LogP contribution in [-0.4, -0.2) is 27.7 Å². The molecule has 0 aliphatic rings. The fraction of sp³-hybridized carbons (Fsp3) is 0.231. The highest BCUT2D eigenvalue weighted by Crippen LogP contribution is 2.32. The van der Waals surface area contributed by atoms with E-state index in [1.54, 1.807) is 24.3 Å². The van der Waals surface area contributed by atoms with E-state index in [0.29, 0.717) is 22.1 Å². The zero-order valence-corrected chi connectivity index (χ0v) is 13.1. The van der Waals surface area contributed by atoms with Gasteiger partial charge in [0.1, 0.15) is 15.7 Å². The standard InChI is InChI=1S/C13H15NO5S2/c1-18-9-3-5-11(12(7-9)19-2)14-21(16,17)13-6-4-10(8-15)20-13/h3-7,14-15H,8H2,1-2H3. The molecule has 0 aliphatic carbocycles. The number of aliphatic hydroxyl groups is 1. The maximum Gasteiger partial charge on any atom is 0.271 e. The first-order valence-electron chi connectivity index (χ1n) is 5.94. The van der Waals surface area contributed by atoms with Gasteiger partial charge in [0.2, 0.25) is 0 Å². The highest BCUT2D eigenvalue weighted by molar-refractivity contribution is 7.94. The first-order valence-corrected chi connectivity index (χ1v) is 8.24. The van der Waals surface area contributed by atoms with Gasteiger partial charge >= 0.3 is 0 Å². The molecule has 2 rings (SSSR count). The minimum Gasteiger partial charge on any atom is -0.497 e. The zero-order valence-electron chi connectivity index (χ0n) is 11.5. The molecule has 8 heteroatoms. The van der Waals surface area contributed by atoms with Crippen LogP contribution in [0.4, 0.5) is 5.69 Å². The normalized spacial score (nSPS) is 11.2. The second kappa shape index (κ2) is 6.33. The average molecular weight is 329 g/mol. The van der Waals surface area contributed by atoms with Gasteiger partial charge in [0.05, 0.1) is 26.5 Å². The van der Waals surface area contributed by atoms with E-state index in [4.69, 9.17) is 14.6 Å². The molecule has 0 saturated heterocycles. The molecular weight excluding hydrogens is 314 g/mol. The van der Waals surface area contributed by atoms with Crippen LogP contribution in [0.15, 0.2) is 34.5 Å². The van der Waals surface area contributed by atoms with E-state index >= 15 is 0 Å². The molecule has 0 saturated carbocycles. The highest BCUT2D eigenvalue weighted by Gasteiger charge is 2.19. The van der Waals surface area contributed by atoms with Crippen LogP contribution in [0.5, 0.6) is 11.5 Å². The Morgan fingerprint density at radius 1 is 1.19 bits per heavy atom. The van der Waals surface area contributed by atoms with Gasteiger partial charge in [-0.2, -0.15) is 0 Å². The monoisotopic (exact) mass is 329 g/mol. The van der Waals surface area contributed by atoms with Gasteiger partial charge in [-0.15, -0.1) is 11.3 Å². The Hall–Kier alpha value is -1.77. The van der Waals surface area contributed by atoms with Crippen molar-refractivity contribution in [3.63, 3.8) is 0 Å². The molecule has 1 heterocycles. The first kappa shape index (κ1) is 15.6. The fourth-order valence-electron chi connectivity index (χ4n) is 1.67. The van der Waals surface area contributed by atoms with Gasteiger partial charge in [-0.25, -0.2) is 8.42 Å². The topological polar surface area (TPSA) is 84.9 Å². The van der Waals surface area contributed by atoms with E-state index in [1.807, 2.05) is 0 Å². The van der Waals surface area contributed by atoms with E-state index in [2.05, 4.69) is 4.72 Å². The third-order valence-corrected chi connectivity index (χ3v) is 5.64. The third-order valence-electron chi connectivity index (χ3n) is 2.71. The summed E-state index contributed by atoms with van der Waals surface area (Å²) in [4.78, 5) is 0.581. The lowest BCUT2D eigenvalue weighted by molar-refractivity contribution is 0.285. The lowest BCUT2D eigenvalue weighted by atomic mass is 10.3. The Bertz CT molecular complexity index is 724. The number of nitrogens with one attached hydrogen (secondary N) is 1. The maximum atomic E-state index is 12.3. The minimum absolute atomic E-state index is 0.129. The van der Waals surface area contributed by atoms with Gasteiger partial charge < -0.3 is 14.6 Å². The molecule has 0 bridgehead atoms. The molecule has 2 aromatic rings. The molecule has 114 valence electrons. The van der Waals surface area contributed by atoms with Crippen molar-refractivity contribution >= 4 is 27.0 Å².